The number of nitrogens with zero attached hydrogens (tertiary/aromatic N) is 2. The summed E-state index contributed by atoms with van der Waals surface area (Å²) in [5, 5.41) is 2.83. The molecule has 0 bridgehead atoms. The highest BCUT2D eigenvalue weighted by atomic mass is 16.3. The highest BCUT2D eigenvalue weighted by Gasteiger charge is 2.23. The third-order valence-electron chi connectivity index (χ3n) is 4.20. The zero-order valence-corrected chi connectivity index (χ0v) is 19.0. The fourth-order valence-corrected chi connectivity index (χ4v) is 3.28. The molecule has 1 rings (SSSR count). The fourth-order valence-electron chi connectivity index (χ4n) is 3.28. The number of amides is 2. The molecule has 6 heteroatoms. The molecule has 6 nitrogen and oxygen atoms in total. The highest BCUT2D eigenvalue weighted by Crippen LogP contribution is 2.26. The van der Waals surface area contributed by atoms with Gasteiger partial charge in [-0.1, -0.05) is 55.4 Å². The second kappa shape index (κ2) is 10.6. The van der Waals surface area contributed by atoms with Crippen LogP contribution in [-0.2, 0) is 11.3 Å². The van der Waals surface area contributed by atoms with Gasteiger partial charge in [-0.2, -0.15) is 0 Å². The van der Waals surface area contributed by atoms with Gasteiger partial charge < -0.3 is 14.6 Å². The van der Waals surface area contributed by atoms with E-state index in [1.165, 1.54) is 6.26 Å². The molecule has 28 heavy (non-hydrogen) atoms. The van der Waals surface area contributed by atoms with Crippen LogP contribution in [0.4, 0.5) is 0 Å². The molecule has 0 spiro atoms. The van der Waals surface area contributed by atoms with Gasteiger partial charge in [0.15, 0.2) is 5.69 Å². The maximum atomic E-state index is 12.9. The minimum Gasteiger partial charge on any atom is -0.446 e. The monoisotopic (exact) mass is 393 g/mol. The molecule has 1 N–H and O–H groups in total. The van der Waals surface area contributed by atoms with Crippen molar-refractivity contribution < 1.29 is 14.0 Å². The molecule has 1 aromatic rings. The Bertz CT molecular complexity index is 629. The lowest BCUT2D eigenvalue weighted by atomic mass is 9.84. The van der Waals surface area contributed by atoms with E-state index in [0.29, 0.717) is 43.2 Å². The normalized spacial score (nSPS) is 13.1. The molecule has 0 saturated carbocycles. The van der Waals surface area contributed by atoms with Crippen molar-refractivity contribution in [1.29, 1.82) is 0 Å². The largest absolute Gasteiger partial charge is 0.446 e. The second-order valence-corrected chi connectivity index (χ2v) is 9.97. The van der Waals surface area contributed by atoms with E-state index in [1.54, 1.807) is 4.90 Å². The Balaban J connectivity index is 2.76. The standard InChI is InChI=1S/C22H39N3O3/c1-15(2)11-23-21(27)18-14-28-19(24-18)13-25(12-16(3)4)20(26)9-17(5)10-22(6,7)8/h14-17H,9-13H2,1-8H3,(H,23,27)/t17-/m1/s1. The van der Waals surface area contributed by atoms with Gasteiger partial charge in [0, 0.05) is 19.5 Å². The number of carbonyl (C=O) groups excluding carboxylic acids is 2. The first-order valence-corrected chi connectivity index (χ1v) is 10.4. The quantitative estimate of drug-likeness (QED) is 0.635. The Morgan fingerprint density at radius 1 is 1.14 bits per heavy atom. The van der Waals surface area contributed by atoms with Gasteiger partial charge in [-0.15, -0.1) is 0 Å². The van der Waals surface area contributed by atoms with Crippen LogP contribution >= 0.6 is 0 Å². The summed E-state index contributed by atoms with van der Waals surface area (Å²) in [7, 11) is 0. The molecule has 0 aliphatic heterocycles. The number of hydrogen-bond acceptors (Lipinski definition) is 4. The van der Waals surface area contributed by atoms with Crippen LogP contribution in [0.1, 0.15) is 84.6 Å². The van der Waals surface area contributed by atoms with Crippen molar-refractivity contribution in [2.24, 2.45) is 23.2 Å². The van der Waals surface area contributed by atoms with Gasteiger partial charge in [0.2, 0.25) is 11.8 Å². The number of carbonyl (C=O) groups is 2. The lowest BCUT2D eigenvalue weighted by molar-refractivity contribution is -0.133. The van der Waals surface area contributed by atoms with E-state index in [2.05, 4.69) is 51.8 Å². The van der Waals surface area contributed by atoms with Crippen LogP contribution in [0.3, 0.4) is 0 Å². The summed E-state index contributed by atoms with van der Waals surface area (Å²) >= 11 is 0. The van der Waals surface area contributed by atoms with Gasteiger partial charge >= 0.3 is 0 Å². The molecule has 0 aromatic carbocycles. The van der Waals surface area contributed by atoms with Crippen LogP contribution in [0.5, 0.6) is 0 Å². The average molecular weight is 394 g/mol. The molecular weight excluding hydrogens is 354 g/mol. The zero-order chi connectivity index (χ0) is 21.5. The summed E-state index contributed by atoms with van der Waals surface area (Å²) in [6.45, 7) is 18.4. The van der Waals surface area contributed by atoms with E-state index in [4.69, 9.17) is 4.42 Å². The summed E-state index contributed by atoms with van der Waals surface area (Å²) < 4.78 is 5.47. The van der Waals surface area contributed by atoms with Crippen LogP contribution < -0.4 is 5.32 Å². The van der Waals surface area contributed by atoms with Crippen molar-refractivity contribution in [2.75, 3.05) is 13.1 Å². The minimum atomic E-state index is -0.246. The maximum Gasteiger partial charge on any atom is 0.273 e. The van der Waals surface area contributed by atoms with E-state index in [9.17, 15) is 9.59 Å². The van der Waals surface area contributed by atoms with Gasteiger partial charge in [-0.3, -0.25) is 9.59 Å². The number of nitrogens with one attached hydrogen (secondary N) is 1. The first-order chi connectivity index (χ1) is 12.9. The fraction of sp³-hybridized carbons (Fsp3) is 0.773. The molecule has 1 heterocycles. The molecule has 0 aliphatic rings. The van der Waals surface area contributed by atoms with Crippen LogP contribution in [0.15, 0.2) is 10.7 Å². The summed E-state index contributed by atoms with van der Waals surface area (Å²) in [6, 6.07) is 0. The van der Waals surface area contributed by atoms with Crippen molar-refractivity contribution in [1.82, 2.24) is 15.2 Å². The molecular formula is C22H39N3O3. The maximum absolute atomic E-state index is 12.9. The highest BCUT2D eigenvalue weighted by molar-refractivity contribution is 5.91. The van der Waals surface area contributed by atoms with E-state index >= 15 is 0 Å². The van der Waals surface area contributed by atoms with Crippen LogP contribution in [0.25, 0.3) is 0 Å². The third-order valence-corrected chi connectivity index (χ3v) is 4.20. The van der Waals surface area contributed by atoms with Gasteiger partial charge in [-0.05, 0) is 29.6 Å². The second-order valence-electron chi connectivity index (χ2n) is 9.97. The van der Waals surface area contributed by atoms with E-state index in [1.807, 2.05) is 13.8 Å². The van der Waals surface area contributed by atoms with E-state index < -0.39 is 0 Å². The van der Waals surface area contributed by atoms with Crippen molar-refractivity contribution in [3.8, 4) is 0 Å². The average Bonchev–Trinajstić information content (AvgIpc) is 2.98. The Morgan fingerprint density at radius 3 is 2.32 bits per heavy atom. The molecule has 0 unspecified atom stereocenters. The van der Waals surface area contributed by atoms with Crippen LogP contribution in [0.2, 0.25) is 0 Å². The SMILES string of the molecule is CC(C)CNC(=O)c1coc(CN(CC(C)C)C(=O)C[C@@H](C)CC(C)(C)C)n1. The van der Waals surface area contributed by atoms with Gasteiger partial charge in [0.1, 0.15) is 6.26 Å². The number of oxazole rings is 1. The Morgan fingerprint density at radius 2 is 1.79 bits per heavy atom. The summed E-state index contributed by atoms with van der Waals surface area (Å²) in [4.78, 5) is 31.1. The molecule has 160 valence electrons. The first kappa shape index (κ1) is 24.2. The lowest BCUT2D eigenvalue weighted by Gasteiger charge is -2.27. The van der Waals surface area contributed by atoms with E-state index in [0.717, 1.165) is 6.42 Å². The number of hydrogen-bond donors (Lipinski definition) is 1. The third kappa shape index (κ3) is 9.38. The molecule has 0 aliphatic carbocycles. The van der Waals surface area contributed by atoms with E-state index in [-0.39, 0.29) is 29.5 Å². The lowest BCUT2D eigenvalue weighted by Crippen LogP contribution is -2.35. The summed E-state index contributed by atoms with van der Waals surface area (Å²) in [6.07, 6.45) is 2.87. The summed E-state index contributed by atoms with van der Waals surface area (Å²) in [5.41, 5.74) is 0.456. The Labute approximate surface area is 170 Å². The Hall–Kier alpha value is -1.85. The van der Waals surface area contributed by atoms with Crippen molar-refractivity contribution in [3.05, 3.63) is 17.8 Å². The predicted octanol–water partition coefficient (Wildman–Crippen LogP) is 4.51. The van der Waals surface area contributed by atoms with Crippen molar-refractivity contribution in [3.63, 3.8) is 0 Å². The topological polar surface area (TPSA) is 75.4 Å². The Kier molecular flexibility index (Phi) is 9.18. The van der Waals surface area contributed by atoms with Gasteiger partial charge in [0.25, 0.3) is 5.91 Å². The van der Waals surface area contributed by atoms with Gasteiger partial charge in [0.05, 0.1) is 6.54 Å². The van der Waals surface area contributed by atoms with Crippen molar-refractivity contribution >= 4 is 11.8 Å². The van der Waals surface area contributed by atoms with Gasteiger partial charge in [-0.25, -0.2) is 4.98 Å². The molecule has 1 atom stereocenters. The molecule has 0 fully saturated rings. The number of aromatic nitrogens is 1. The molecule has 0 radical (unpaired) electrons. The van der Waals surface area contributed by atoms with Crippen LogP contribution in [0, 0.1) is 23.2 Å². The molecule has 1 aromatic heterocycles. The summed E-state index contributed by atoms with van der Waals surface area (Å²) in [5.74, 6) is 1.27. The predicted molar refractivity (Wildman–Crippen MR) is 112 cm³/mol. The zero-order valence-electron chi connectivity index (χ0n) is 19.0. The molecule has 2 amide bonds. The first-order valence-electron chi connectivity index (χ1n) is 10.4. The van der Waals surface area contributed by atoms with Crippen molar-refractivity contribution in [2.45, 2.75) is 74.8 Å². The minimum absolute atomic E-state index is 0.106. The molecule has 0 saturated heterocycles. The number of rotatable bonds is 10. The van der Waals surface area contributed by atoms with Crippen LogP contribution in [-0.4, -0.2) is 34.8 Å². The smallest absolute Gasteiger partial charge is 0.273 e.